The topological polar surface area (TPSA) is 78.2 Å². The normalized spacial score (nSPS) is 11.4. The van der Waals surface area contributed by atoms with Crippen LogP contribution in [0.2, 0.25) is 10.0 Å². The van der Waals surface area contributed by atoms with Crippen LogP contribution in [-0.2, 0) is 4.79 Å². The molecule has 3 aromatic rings. The van der Waals surface area contributed by atoms with Crippen molar-refractivity contribution in [2.45, 2.75) is 0 Å². The van der Waals surface area contributed by atoms with Gasteiger partial charge in [0.1, 0.15) is 0 Å². The zero-order chi connectivity index (χ0) is 19.8. The second-order valence-electron chi connectivity index (χ2n) is 5.55. The highest BCUT2D eigenvalue weighted by Gasteiger charge is 2.12. The zero-order valence-electron chi connectivity index (χ0n) is 14.5. The van der Waals surface area contributed by atoms with Crippen LogP contribution in [0.3, 0.4) is 0 Å². The molecule has 0 bridgehead atoms. The third-order valence-electron chi connectivity index (χ3n) is 3.46. The predicted molar refractivity (Wildman–Crippen MR) is 114 cm³/mol. The minimum absolute atomic E-state index is 0.145. The number of rotatable bonds is 4. The van der Waals surface area contributed by atoms with E-state index in [9.17, 15) is 4.79 Å². The smallest absolute Gasteiger partial charge is 0.297 e. The molecular formula is C20H15Cl2N5O. The molecule has 0 aliphatic carbocycles. The molecule has 8 heteroatoms. The van der Waals surface area contributed by atoms with Crippen LogP contribution < -0.4 is 10.7 Å². The average Bonchev–Trinajstić information content (AvgIpc) is 2.71. The molecule has 0 heterocycles. The van der Waals surface area contributed by atoms with Gasteiger partial charge in [-0.3, -0.25) is 10.2 Å². The van der Waals surface area contributed by atoms with E-state index in [-0.39, 0.29) is 5.84 Å². The van der Waals surface area contributed by atoms with Crippen molar-refractivity contribution in [3.63, 3.8) is 0 Å². The SMILES string of the molecule is O=C(Nc1ccccc1)/C(N=Nc1ccc(Cl)cc1)=N/Nc1ccc(Cl)cc1. The Morgan fingerprint density at radius 3 is 2.00 bits per heavy atom. The Hall–Kier alpha value is -3.22. The number of hydrogen-bond acceptors (Lipinski definition) is 4. The van der Waals surface area contributed by atoms with Crippen LogP contribution in [-0.4, -0.2) is 11.7 Å². The number of nitrogens with one attached hydrogen (secondary N) is 2. The van der Waals surface area contributed by atoms with E-state index in [0.29, 0.717) is 27.1 Å². The van der Waals surface area contributed by atoms with Gasteiger partial charge in [-0.2, -0.15) is 0 Å². The van der Waals surface area contributed by atoms with Gasteiger partial charge in [0.25, 0.3) is 11.7 Å². The maximum absolute atomic E-state index is 12.6. The second kappa shape index (κ2) is 9.64. The molecule has 0 fully saturated rings. The summed E-state index contributed by atoms with van der Waals surface area (Å²) in [5.41, 5.74) is 4.58. The van der Waals surface area contributed by atoms with Gasteiger partial charge < -0.3 is 5.32 Å². The van der Waals surface area contributed by atoms with Crippen molar-refractivity contribution in [3.05, 3.63) is 88.9 Å². The molecule has 3 aromatic carbocycles. The van der Waals surface area contributed by atoms with E-state index in [2.05, 4.69) is 26.1 Å². The third-order valence-corrected chi connectivity index (χ3v) is 3.96. The Kier molecular flexibility index (Phi) is 6.73. The van der Waals surface area contributed by atoms with Crippen LogP contribution >= 0.6 is 23.2 Å². The Labute approximate surface area is 171 Å². The summed E-state index contributed by atoms with van der Waals surface area (Å²) in [6.07, 6.45) is 0. The quantitative estimate of drug-likeness (QED) is 0.234. The number of hydrogen-bond donors (Lipinski definition) is 2. The molecule has 0 unspecified atom stereocenters. The molecule has 0 atom stereocenters. The first kappa shape index (κ1) is 19.5. The molecule has 1 amide bonds. The van der Waals surface area contributed by atoms with Crippen LogP contribution in [0, 0.1) is 0 Å². The van der Waals surface area contributed by atoms with Gasteiger partial charge in [0, 0.05) is 15.7 Å². The summed E-state index contributed by atoms with van der Waals surface area (Å²) in [6, 6.07) is 22.6. The Morgan fingerprint density at radius 2 is 1.36 bits per heavy atom. The summed E-state index contributed by atoms with van der Waals surface area (Å²) in [6.45, 7) is 0. The van der Waals surface area contributed by atoms with Crippen molar-refractivity contribution in [3.8, 4) is 0 Å². The number of para-hydroxylation sites is 1. The van der Waals surface area contributed by atoms with Gasteiger partial charge in [0.15, 0.2) is 0 Å². The Morgan fingerprint density at radius 1 is 0.750 bits per heavy atom. The molecule has 0 saturated heterocycles. The van der Waals surface area contributed by atoms with Crippen molar-refractivity contribution in [1.82, 2.24) is 0 Å². The predicted octanol–water partition coefficient (Wildman–Crippen LogP) is 6.14. The molecule has 0 aromatic heterocycles. The maximum Gasteiger partial charge on any atom is 0.297 e. The van der Waals surface area contributed by atoms with Gasteiger partial charge in [0.2, 0.25) is 0 Å². The number of carbonyl (C=O) groups excluding carboxylic acids is 1. The lowest BCUT2D eigenvalue weighted by atomic mass is 10.3. The molecule has 0 saturated carbocycles. The van der Waals surface area contributed by atoms with Gasteiger partial charge in [0.05, 0.1) is 11.4 Å². The fourth-order valence-corrected chi connectivity index (χ4v) is 2.33. The average molecular weight is 412 g/mol. The van der Waals surface area contributed by atoms with Crippen LogP contribution in [0.25, 0.3) is 0 Å². The lowest BCUT2D eigenvalue weighted by Crippen LogP contribution is -2.22. The van der Waals surface area contributed by atoms with E-state index in [1.165, 1.54) is 0 Å². The molecule has 3 rings (SSSR count). The van der Waals surface area contributed by atoms with Crippen molar-refractivity contribution in [2.75, 3.05) is 10.7 Å². The minimum atomic E-state index is -0.509. The highest BCUT2D eigenvalue weighted by Crippen LogP contribution is 2.17. The fraction of sp³-hybridized carbons (Fsp3) is 0. The van der Waals surface area contributed by atoms with Crippen LogP contribution in [0.1, 0.15) is 0 Å². The number of amidine groups is 1. The molecule has 0 aliphatic heterocycles. The largest absolute Gasteiger partial charge is 0.319 e. The van der Waals surface area contributed by atoms with Crippen molar-refractivity contribution in [1.29, 1.82) is 0 Å². The van der Waals surface area contributed by atoms with Gasteiger partial charge in [-0.15, -0.1) is 15.3 Å². The molecule has 0 radical (unpaired) electrons. The second-order valence-corrected chi connectivity index (χ2v) is 6.42. The summed E-state index contributed by atoms with van der Waals surface area (Å²) >= 11 is 11.7. The van der Waals surface area contributed by atoms with Gasteiger partial charge >= 0.3 is 0 Å². The number of hydrazone groups is 1. The lowest BCUT2D eigenvalue weighted by molar-refractivity contribution is -0.110. The standard InChI is InChI=1S/C20H15Cl2N5O/c21-14-6-10-17(11-7-14)24-26-19(20(28)23-16-4-2-1-3-5-16)27-25-18-12-8-15(22)9-13-18/h1-13,24H,(H,23,28)/b26-19-,27-25?. The first-order valence-corrected chi connectivity index (χ1v) is 8.99. The molecule has 0 spiro atoms. The molecule has 140 valence electrons. The summed E-state index contributed by atoms with van der Waals surface area (Å²) in [5, 5.41) is 16.0. The van der Waals surface area contributed by atoms with Crippen LogP contribution in [0.5, 0.6) is 0 Å². The molecule has 0 aliphatic rings. The van der Waals surface area contributed by atoms with Gasteiger partial charge in [-0.1, -0.05) is 41.4 Å². The van der Waals surface area contributed by atoms with E-state index in [1.54, 1.807) is 60.7 Å². The highest BCUT2D eigenvalue weighted by atomic mass is 35.5. The number of nitrogens with zero attached hydrogens (tertiary/aromatic N) is 3. The van der Waals surface area contributed by atoms with E-state index < -0.39 is 5.91 Å². The van der Waals surface area contributed by atoms with E-state index in [4.69, 9.17) is 23.2 Å². The van der Waals surface area contributed by atoms with Gasteiger partial charge in [-0.25, -0.2) is 0 Å². The number of azo groups is 1. The van der Waals surface area contributed by atoms with Crippen molar-refractivity contribution < 1.29 is 4.79 Å². The van der Waals surface area contributed by atoms with E-state index in [1.807, 2.05) is 18.2 Å². The summed E-state index contributed by atoms with van der Waals surface area (Å²) in [4.78, 5) is 12.6. The molecule has 6 nitrogen and oxygen atoms in total. The number of halogens is 2. The molecular weight excluding hydrogens is 397 g/mol. The molecule has 2 N–H and O–H groups in total. The lowest BCUT2D eigenvalue weighted by Gasteiger charge is -2.05. The Balaban J connectivity index is 1.81. The first-order valence-electron chi connectivity index (χ1n) is 8.23. The number of anilines is 2. The summed E-state index contributed by atoms with van der Waals surface area (Å²) in [5.74, 6) is -0.654. The van der Waals surface area contributed by atoms with Crippen LogP contribution in [0.4, 0.5) is 17.1 Å². The number of carbonyl (C=O) groups is 1. The van der Waals surface area contributed by atoms with Crippen molar-refractivity contribution >= 4 is 52.0 Å². The molecule has 28 heavy (non-hydrogen) atoms. The first-order chi connectivity index (χ1) is 13.6. The Bertz CT molecular complexity index is 987. The number of amides is 1. The van der Waals surface area contributed by atoms with Gasteiger partial charge in [-0.05, 0) is 60.7 Å². The fourth-order valence-electron chi connectivity index (χ4n) is 2.08. The maximum atomic E-state index is 12.6. The van der Waals surface area contributed by atoms with Crippen molar-refractivity contribution in [2.24, 2.45) is 15.3 Å². The third kappa shape index (κ3) is 5.90. The van der Waals surface area contributed by atoms with E-state index >= 15 is 0 Å². The minimum Gasteiger partial charge on any atom is -0.319 e. The van der Waals surface area contributed by atoms with Crippen LogP contribution in [0.15, 0.2) is 94.2 Å². The highest BCUT2D eigenvalue weighted by molar-refractivity contribution is 6.42. The zero-order valence-corrected chi connectivity index (χ0v) is 16.0. The van der Waals surface area contributed by atoms with E-state index in [0.717, 1.165) is 0 Å². The summed E-state index contributed by atoms with van der Waals surface area (Å²) < 4.78 is 0. The number of benzene rings is 3. The monoisotopic (exact) mass is 411 g/mol. The summed E-state index contributed by atoms with van der Waals surface area (Å²) in [7, 11) is 0.